The molecule has 2 atom stereocenters. The van der Waals surface area contributed by atoms with Crippen LogP contribution in [0.25, 0.3) is 0 Å². The predicted octanol–water partition coefficient (Wildman–Crippen LogP) is 5.87. The van der Waals surface area contributed by atoms with Crippen molar-refractivity contribution < 1.29 is 4.79 Å². The first-order valence-corrected chi connectivity index (χ1v) is 10.6. The quantitative estimate of drug-likeness (QED) is 0.595. The molecular weight excluding hydrogens is 338 g/mol. The lowest BCUT2D eigenvalue weighted by Gasteiger charge is -2.24. The summed E-state index contributed by atoms with van der Waals surface area (Å²) in [5, 5.41) is 0.368. The molecule has 138 valence electrons. The molecule has 0 spiro atoms. The molecule has 0 saturated carbocycles. The van der Waals surface area contributed by atoms with Crippen LogP contribution >= 0.6 is 11.8 Å². The van der Waals surface area contributed by atoms with Crippen LogP contribution < -0.4 is 0 Å². The lowest BCUT2D eigenvalue weighted by molar-refractivity contribution is -0.130. The van der Waals surface area contributed by atoms with Gasteiger partial charge in [-0.1, -0.05) is 55.0 Å². The Kier molecular flexibility index (Phi) is 6.79. The van der Waals surface area contributed by atoms with Crippen LogP contribution in [0.5, 0.6) is 0 Å². The number of nitrogens with zero attached hydrogens (tertiary/aromatic N) is 1. The predicted molar refractivity (Wildman–Crippen MR) is 110 cm³/mol. The summed E-state index contributed by atoms with van der Waals surface area (Å²) in [5.74, 6) is 0.998. The van der Waals surface area contributed by atoms with Crippen molar-refractivity contribution in [3.63, 3.8) is 0 Å². The van der Waals surface area contributed by atoms with E-state index in [1.54, 1.807) is 0 Å². The third kappa shape index (κ3) is 5.38. The zero-order chi connectivity index (χ0) is 18.4. The molecule has 0 N–H and O–H groups in total. The van der Waals surface area contributed by atoms with E-state index in [0.29, 0.717) is 23.5 Å². The molecule has 0 bridgehead atoms. The van der Waals surface area contributed by atoms with E-state index in [-0.39, 0.29) is 0 Å². The maximum absolute atomic E-state index is 12.4. The Bertz CT molecular complexity index is 698. The number of carbonyl (C=O) groups is 1. The van der Waals surface area contributed by atoms with Crippen molar-refractivity contribution in [2.45, 2.75) is 49.7 Å². The lowest BCUT2D eigenvalue weighted by Crippen LogP contribution is -2.31. The second-order valence-corrected chi connectivity index (χ2v) is 8.71. The summed E-state index contributed by atoms with van der Waals surface area (Å²) in [6.45, 7) is 6.15. The Morgan fingerprint density at radius 1 is 1.08 bits per heavy atom. The highest BCUT2D eigenvalue weighted by Gasteiger charge is 2.22. The zero-order valence-corrected chi connectivity index (χ0v) is 16.7. The Hall–Kier alpha value is -1.74. The first-order chi connectivity index (χ1) is 12.6. The average molecular weight is 368 g/mol. The standard InChI is InChI=1S/C23H29NOS/c1-18-8-11-21(12-9-18)26-22(20-6-4-3-5-7-20)15-17-24-16-14-19(2)10-13-23(24)25/h3-9,11-12,19,22H,10,13-17H2,1-2H3/t19-,22+/m1/s1. The fourth-order valence-electron chi connectivity index (χ4n) is 3.43. The summed E-state index contributed by atoms with van der Waals surface area (Å²) in [6, 6.07) is 19.4. The van der Waals surface area contributed by atoms with Crippen LogP contribution in [0.4, 0.5) is 0 Å². The second-order valence-electron chi connectivity index (χ2n) is 7.43. The summed E-state index contributed by atoms with van der Waals surface area (Å²) < 4.78 is 0. The van der Waals surface area contributed by atoms with Crippen LogP contribution in [0.15, 0.2) is 59.5 Å². The first-order valence-electron chi connectivity index (χ1n) is 9.68. The van der Waals surface area contributed by atoms with Gasteiger partial charge in [-0.3, -0.25) is 4.79 Å². The number of aryl methyl sites for hydroxylation is 1. The molecule has 3 rings (SSSR count). The van der Waals surface area contributed by atoms with Gasteiger partial charge in [0.25, 0.3) is 0 Å². The van der Waals surface area contributed by atoms with E-state index in [2.05, 4.69) is 73.3 Å². The van der Waals surface area contributed by atoms with Crippen LogP contribution in [0.2, 0.25) is 0 Å². The topological polar surface area (TPSA) is 20.3 Å². The van der Waals surface area contributed by atoms with Gasteiger partial charge in [0.2, 0.25) is 5.91 Å². The number of thioether (sulfide) groups is 1. The van der Waals surface area contributed by atoms with Crippen molar-refractivity contribution >= 4 is 17.7 Å². The largest absolute Gasteiger partial charge is 0.343 e. The van der Waals surface area contributed by atoms with Crippen LogP contribution in [-0.4, -0.2) is 23.9 Å². The van der Waals surface area contributed by atoms with Crippen molar-refractivity contribution in [3.8, 4) is 0 Å². The lowest BCUT2D eigenvalue weighted by atomic mass is 10.0. The van der Waals surface area contributed by atoms with Crippen LogP contribution in [0, 0.1) is 12.8 Å². The number of hydrogen-bond donors (Lipinski definition) is 0. The molecule has 3 heteroatoms. The summed E-state index contributed by atoms with van der Waals surface area (Å²) in [6.07, 6.45) is 3.87. The fraction of sp³-hybridized carbons (Fsp3) is 0.435. The molecule has 1 saturated heterocycles. The van der Waals surface area contributed by atoms with E-state index >= 15 is 0 Å². The van der Waals surface area contributed by atoms with Crippen LogP contribution in [0.3, 0.4) is 0 Å². The van der Waals surface area contributed by atoms with E-state index in [0.717, 1.165) is 32.4 Å². The van der Waals surface area contributed by atoms with Gasteiger partial charge in [0.15, 0.2) is 0 Å². The van der Waals surface area contributed by atoms with E-state index < -0.39 is 0 Å². The van der Waals surface area contributed by atoms with Gasteiger partial charge in [0.1, 0.15) is 0 Å². The maximum atomic E-state index is 12.4. The first kappa shape index (κ1) is 19.0. The van der Waals surface area contributed by atoms with Gasteiger partial charge in [-0.2, -0.15) is 0 Å². The number of likely N-dealkylation sites (tertiary alicyclic amines) is 1. The summed E-state index contributed by atoms with van der Waals surface area (Å²) in [4.78, 5) is 15.8. The molecule has 2 nitrogen and oxygen atoms in total. The molecular formula is C23H29NOS. The minimum absolute atomic E-state index is 0.335. The molecule has 2 aromatic rings. The monoisotopic (exact) mass is 367 g/mol. The average Bonchev–Trinajstić information content (AvgIpc) is 2.82. The van der Waals surface area contributed by atoms with Gasteiger partial charge in [0, 0.05) is 29.7 Å². The van der Waals surface area contributed by atoms with Gasteiger partial charge in [-0.05, 0) is 49.8 Å². The molecule has 1 fully saturated rings. The zero-order valence-electron chi connectivity index (χ0n) is 15.9. The molecule has 1 aliphatic rings. The van der Waals surface area contributed by atoms with Crippen molar-refractivity contribution in [2.75, 3.05) is 13.1 Å². The molecule has 0 radical (unpaired) electrons. The fourth-order valence-corrected chi connectivity index (χ4v) is 4.56. The number of hydrogen-bond acceptors (Lipinski definition) is 2. The molecule has 0 unspecified atom stereocenters. The smallest absolute Gasteiger partial charge is 0.222 e. The Morgan fingerprint density at radius 2 is 1.81 bits per heavy atom. The van der Waals surface area contributed by atoms with Crippen molar-refractivity contribution in [1.82, 2.24) is 4.90 Å². The highest BCUT2D eigenvalue weighted by Crippen LogP contribution is 2.38. The normalized spacial score (nSPS) is 19.2. The number of rotatable bonds is 6. The SMILES string of the molecule is Cc1ccc(S[C@@H](CCN2CC[C@H](C)CCC2=O)c2ccccc2)cc1. The summed E-state index contributed by atoms with van der Waals surface area (Å²) in [5.41, 5.74) is 2.63. The van der Waals surface area contributed by atoms with Crippen molar-refractivity contribution in [2.24, 2.45) is 5.92 Å². The van der Waals surface area contributed by atoms with Crippen molar-refractivity contribution in [1.29, 1.82) is 0 Å². The molecule has 2 aromatic carbocycles. The highest BCUT2D eigenvalue weighted by molar-refractivity contribution is 7.99. The maximum Gasteiger partial charge on any atom is 0.222 e. The van der Waals surface area contributed by atoms with Crippen molar-refractivity contribution in [3.05, 3.63) is 65.7 Å². The Morgan fingerprint density at radius 3 is 2.54 bits per heavy atom. The van der Waals surface area contributed by atoms with Gasteiger partial charge >= 0.3 is 0 Å². The molecule has 1 heterocycles. The van der Waals surface area contributed by atoms with Crippen LogP contribution in [0.1, 0.15) is 49.0 Å². The van der Waals surface area contributed by atoms with Gasteiger partial charge in [-0.15, -0.1) is 11.8 Å². The molecule has 0 aromatic heterocycles. The van der Waals surface area contributed by atoms with Gasteiger partial charge in [-0.25, -0.2) is 0 Å². The molecule has 1 amide bonds. The third-order valence-electron chi connectivity index (χ3n) is 5.23. The Balaban J connectivity index is 1.69. The minimum Gasteiger partial charge on any atom is -0.343 e. The Labute approximate surface area is 162 Å². The second kappa shape index (κ2) is 9.27. The van der Waals surface area contributed by atoms with Gasteiger partial charge < -0.3 is 4.90 Å². The third-order valence-corrected chi connectivity index (χ3v) is 6.56. The minimum atomic E-state index is 0.335. The molecule has 0 aliphatic carbocycles. The number of carbonyl (C=O) groups excluding carboxylic acids is 1. The van der Waals surface area contributed by atoms with E-state index in [1.807, 2.05) is 11.8 Å². The van der Waals surface area contributed by atoms with E-state index in [9.17, 15) is 4.79 Å². The van der Waals surface area contributed by atoms with E-state index in [1.165, 1.54) is 16.0 Å². The number of amides is 1. The number of benzene rings is 2. The van der Waals surface area contributed by atoms with Crippen LogP contribution in [-0.2, 0) is 4.79 Å². The van der Waals surface area contributed by atoms with E-state index in [4.69, 9.17) is 0 Å². The highest BCUT2D eigenvalue weighted by atomic mass is 32.2. The molecule has 1 aliphatic heterocycles. The molecule has 26 heavy (non-hydrogen) atoms. The summed E-state index contributed by atoms with van der Waals surface area (Å²) >= 11 is 1.91. The summed E-state index contributed by atoms with van der Waals surface area (Å²) in [7, 11) is 0. The van der Waals surface area contributed by atoms with Gasteiger partial charge in [0.05, 0.1) is 0 Å².